The molecule has 1 aromatic heterocycles. The summed E-state index contributed by atoms with van der Waals surface area (Å²) in [5.41, 5.74) is 3.15. The minimum Gasteiger partial charge on any atom is -0.455 e. The first-order valence-electron chi connectivity index (χ1n) is 10.1. The number of nitrogens with zero attached hydrogens (tertiary/aromatic N) is 3. The molecule has 1 N–H and O–H groups in total. The number of hydrogen-bond donors (Lipinski definition) is 1. The third-order valence-electron chi connectivity index (χ3n) is 5.15. The van der Waals surface area contributed by atoms with Gasteiger partial charge in [-0.1, -0.05) is 6.07 Å². The van der Waals surface area contributed by atoms with Crippen molar-refractivity contribution in [1.29, 1.82) is 0 Å². The van der Waals surface area contributed by atoms with E-state index < -0.39 is 20.9 Å². The molecule has 2 heterocycles. The van der Waals surface area contributed by atoms with Crippen molar-refractivity contribution in [3.05, 3.63) is 82.1 Å². The molecule has 1 fully saturated rings. The maximum Gasteiger partial charge on any atom is 0.271 e. The van der Waals surface area contributed by atoms with Gasteiger partial charge in [0, 0.05) is 36.3 Å². The van der Waals surface area contributed by atoms with Gasteiger partial charge in [-0.25, -0.2) is 13.8 Å². The monoisotopic (exact) mass is 468 g/mol. The van der Waals surface area contributed by atoms with Gasteiger partial charge in [0.15, 0.2) is 0 Å². The van der Waals surface area contributed by atoms with E-state index in [1.54, 1.807) is 24.3 Å². The van der Waals surface area contributed by atoms with E-state index in [1.807, 2.05) is 0 Å². The van der Waals surface area contributed by atoms with Crippen molar-refractivity contribution in [2.45, 2.75) is 17.7 Å². The van der Waals surface area contributed by atoms with Crippen LogP contribution in [0.2, 0.25) is 0 Å². The summed E-state index contributed by atoms with van der Waals surface area (Å²) in [4.78, 5) is 22.8. The highest BCUT2D eigenvalue weighted by molar-refractivity contribution is 7.89. The highest BCUT2D eigenvalue weighted by atomic mass is 32.2. The Kier molecular flexibility index (Phi) is 6.33. The second-order valence-corrected chi connectivity index (χ2v) is 9.28. The number of sulfonamides is 1. The molecule has 1 aliphatic heterocycles. The minimum absolute atomic E-state index is 0.0212. The van der Waals surface area contributed by atoms with Crippen LogP contribution in [0.4, 0.5) is 5.69 Å². The molecule has 0 bridgehead atoms. The number of nitro benzene ring substituents is 1. The molecule has 1 amide bonds. The van der Waals surface area contributed by atoms with Crippen molar-refractivity contribution in [3.63, 3.8) is 0 Å². The average Bonchev–Trinajstić information content (AvgIpc) is 3.52. The highest BCUT2D eigenvalue weighted by Crippen LogP contribution is 2.24. The molecule has 33 heavy (non-hydrogen) atoms. The molecule has 0 spiro atoms. The smallest absolute Gasteiger partial charge is 0.271 e. The standard InChI is InChI=1S/C22H20N4O6S/c27-22(17-4-3-5-20(14-17)33(30,31)25-12-1-2-13-25)24-23-15-19-10-11-21(32-19)16-6-8-18(9-7-16)26(28)29/h3-11,14-15H,1-2,12-13H2,(H,24,27). The van der Waals surface area contributed by atoms with Gasteiger partial charge in [-0.3, -0.25) is 14.9 Å². The number of rotatable bonds is 7. The third-order valence-corrected chi connectivity index (χ3v) is 7.04. The summed E-state index contributed by atoms with van der Waals surface area (Å²) in [7, 11) is -3.63. The highest BCUT2D eigenvalue weighted by Gasteiger charge is 2.27. The van der Waals surface area contributed by atoms with Gasteiger partial charge in [0.25, 0.3) is 11.6 Å². The van der Waals surface area contributed by atoms with Crippen molar-refractivity contribution >= 4 is 27.8 Å². The summed E-state index contributed by atoms with van der Waals surface area (Å²) in [6.07, 6.45) is 2.96. The van der Waals surface area contributed by atoms with Gasteiger partial charge in [-0.2, -0.15) is 9.41 Å². The molecule has 0 radical (unpaired) electrons. The van der Waals surface area contributed by atoms with Crippen LogP contribution in [0.15, 0.2) is 75.1 Å². The van der Waals surface area contributed by atoms with Crippen LogP contribution < -0.4 is 5.43 Å². The second-order valence-electron chi connectivity index (χ2n) is 7.34. The van der Waals surface area contributed by atoms with Crippen LogP contribution in [0.3, 0.4) is 0 Å². The summed E-state index contributed by atoms with van der Waals surface area (Å²) in [5, 5.41) is 14.6. The van der Waals surface area contributed by atoms with E-state index in [4.69, 9.17) is 4.42 Å². The van der Waals surface area contributed by atoms with Gasteiger partial charge >= 0.3 is 0 Å². The van der Waals surface area contributed by atoms with Crippen LogP contribution in [0.5, 0.6) is 0 Å². The maximum absolute atomic E-state index is 12.7. The molecule has 4 rings (SSSR count). The van der Waals surface area contributed by atoms with Crippen LogP contribution in [-0.2, 0) is 10.0 Å². The van der Waals surface area contributed by atoms with Gasteiger partial charge in [0.05, 0.1) is 16.0 Å². The van der Waals surface area contributed by atoms with Crippen molar-refractivity contribution in [3.8, 4) is 11.3 Å². The lowest BCUT2D eigenvalue weighted by molar-refractivity contribution is -0.384. The van der Waals surface area contributed by atoms with E-state index >= 15 is 0 Å². The van der Waals surface area contributed by atoms with E-state index in [-0.39, 0.29) is 16.1 Å². The molecule has 1 aliphatic rings. The largest absolute Gasteiger partial charge is 0.455 e. The first kappa shape index (κ1) is 22.4. The summed E-state index contributed by atoms with van der Waals surface area (Å²) in [6.45, 7) is 0.960. The number of amides is 1. The molecule has 3 aromatic rings. The predicted molar refractivity (Wildman–Crippen MR) is 120 cm³/mol. The van der Waals surface area contributed by atoms with Crippen LogP contribution >= 0.6 is 0 Å². The molecule has 0 aliphatic carbocycles. The Balaban J connectivity index is 1.41. The summed E-state index contributed by atoms with van der Waals surface area (Å²) in [6, 6.07) is 15.0. The summed E-state index contributed by atoms with van der Waals surface area (Å²) >= 11 is 0. The zero-order valence-electron chi connectivity index (χ0n) is 17.4. The molecule has 170 valence electrons. The normalized spacial score (nSPS) is 14.5. The average molecular weight is 468 g/mol. The van der Waals surface area contributed by atoms with Crippen LogP contribution in [0, 0.1) is 10.1 Å². The van der Waals surface area contributed by atoms with Crippen LogP contribution in [0.1, 0.15) is 29.0 Å². The van der Waals surface area contributed by atoms with E-state index in [9.17, 15) is 23.3 Å². The Morgan fingerprint density at radius 2 is 1.82 bits per heavy atom. The molecule has 1 saturated heterocycles. The van der Waals surface area contributed by atoms with Gasteiger partial charge in [0.2, 0.25) is 10.0 Å². The van der Waals surface area contributed by atoms with Gasteiger partial charge < -0.3 is 4.42 Å². The quantitative estimate of drug-likeness (QED) is 0.321. The number of furan rings is 1. The number of carbonyl (C=O) groups excluding carboxylic acids is 1. The second kappa shape index (κ2) is 9.35. The number of non-ortho nitro benzene ring substituents is 1. The molecule has 11 heteroatoms. The molecule has 0 atom stereocenters. The number of hydrazone groups is 1. The Bertz CT molecular complexity index is 1310. The first-order chi connectivity index (χ1) is 15.8. The molecular weight excluding hydrogens is 448 g/mol. The van der Waals surface area contributed by atoms with E-state index in [0.29, 0.717) is 30.2 Å². The lowest BCUT2D eigenvalue weighted by Crippen LogP contribution is -2.28. The van der Waals surface area contributed by atoms with E-state index in [2.05, 4.69) is 10.5 Å². The molecule has 2 aromatic carbocycles. The zero-order valence-corrected chi connectivity index (χ0v) is 18.2. The predicted octanol–water partition coefficient (Wildman–Crippen LogP) is 3.40. The summed E-state index contributed by atoms with van der Waals surface area (Å²) in [5.74, 6) is 0.276. The third kappa shape index (κ3) is 4.99. The van der Waals surface area contributed by atoms with Crippen molar-refractivity contribution < 1.29 is 22.6 Å². The zero-order chi connectivity index (χ0) is 23.4. The van der Waals surface area contributed by atoms with Crippen molar-refractivity contribution in [2.75, 3.05) is 13.1 Å². The van der Waals surface area contributed by atoms with Crippen molar-refractivity contribution in [2.24, 2.45) is 5.10 Å². The Hall–Kier alpha value is -3.83. The van der Waals surface area contributed by atoms with Crippen LogP contribution in [0.25, 0.3) is 11.3 Å². The number of carbonyl (C=O) groups is 1. The topological polar surface area (TPSA) is 135 Å². The Morgan fingerprint density at radius 1 is 1.09 bits per heavy atom. The summed E-state index contributed by atoms with van der Waals surface area (Å²) < 4.78 is 32.4. The number of hydrogen-bond acceptors (Lipinski definition) is 7. The van der Waals surface area contributed by atoms with Gasteiger partial charge in [0.1, 0.15) is 11.5 Å². The number of nitro groups is 1. The fourth-order valence-electron chi connectivity index (χ4n) is 3.42. The Morgan fingerprint density at radius 3 is 2.52 bits per heavy atom. The van der Waals surface area contributed by atoms with Gasteiger partial charge in [-0.15, -0.1) is 0 Å². The van der Waals surface area contributed by atoms with E-state index in [1.165, 1.54) is 46.9 Å². The fourth-order valence-corrected chi connectivity index (χ4v) is 4.98. The lowest BCUT2D eigenvalue weighted by Gasteiger charge is -2.15. The molecule has 10 nitrogen and oxygen atoms in total. The maximum atomic E-state index is 12.7. The molecule has 0 unspecified atom stereocenters. The van der Waals surface area contributed by atoms with E-state index in [0.717, 1.165) is 12.8 Å². The lowest BCUT2D eigenvalue weighted by atomic mass is 10.1. The van der Waals surface area contributed by atoms with Gasteiger partial charge in [-0.05, 0) is 55.3 Å². The van der Waals surface area contributed by atoms with Crippen LogP contribution in [-0.4, -0.2) is 42.9 Å². The first-order valence-corrected chi connectivity index (χ1v) is 11.6. The molecule has 0 saturated carbocycles. The fraction of sp³-hybridized carbons (Fsp3) is 0.182. The number of nitrogens with one attached hydrogen (secondary N) is 1. The minimum atomic E-state index is -3.63. The SMILES string of the molecule is O=C(NN=Cc1ccc(-c2ccc([N+](=O)[O-])cc2)o1)c1cccc(S(=O)(=O)N2CCCC2)c1. The molecular formula is C22H20N4O6S. The van der Waals surface area contributed by atoms with Crippen molar-refractivity contribution in [1.82, 2.24) is 9.73 Å². The number of benzene rings is 2. The Labute approximate surface area is 189 Å².